The van der Waals surface area contributed by atoms with Crippen LogP contribution in [-0.2, 0) is 9.59 Å². The van der Waals surface area contributed by atoms with E-state index in [1.807, 2.05) is 0 Å². The highest BCUT2D eigenvalue weighted by atomic mass is 79.9. The van der Waals surface area contributed by atoms with Crippen LogP contribution in [0.5, 0.6) is 0 Å². The molecule has 1 rings (SSSR count). The normalized spacial score (nSPS) is 25.0. The zero-order valence-corrected chi connectivity index (χ0v) is 7.69. The highest BCUT2D eigenvalue weighted by Gasteiger charge is 2.25. The van der Waals surface area contributed by atoms with Gasteiger partial charge in [-0.15, -0.1) is 0 Å². The molecule has 1 aliphatic heterocycles. The molecule has 0 aromatic rings. The molecule has 3 nitrogen and oxygen atoms in total. The molecule has 2 amide bonds. The van der Waals surface area contributed by atoms with Crippen molar-refractivity contribution in [3.8, 4) is 0 Å². The molecule has 0 aromatic heterocycles. The maximum Gasteiger partial charge on any atom is 0.229 e. The summed E-state index contributed by atoms with van der Waals surface area (Å²) in [6.45, 7) is 0. The topological polar surface area (TPSA) is 46.2 Å². The Morgan fingerprint density at radius 2 is 2.27 bits per heavy atom. The predicted octanol–water partition coefficient (Wildman–Crippen LogP) is 0.824. The van der Waals surface area contributed by atoms with Gasteiger partial charge in [-0.1, -0.05) is 15.9 Å². The van der Waals surface area contributed by atoms with E-state index < -0.39 is 0 Å². The van der Waals surface area contributed by atoms with Crippen LogP contribution in [0.15, 0.2) is 0 Å². The van der Waals surface area contributed by atoms with Gasteiger partial charge in [0.1, 0.15) is 0 Å². The second kappa shape index (κ2) is 3.85. The molecular weight excluding hydrogens is 210 g/mol. The van der Waals surface area contributed by atoms with Crippen molar-refractivity contribution < 1.29 is 9.59 Å². The highest BCUT2D eigenvalue weighted by molar-refractivity contribution is 9.09. The van der Waals surface area contributed by atoms with E-state index in [1.54, 1.807) is 0 Å². The second-order valence-corrected chi connectivity index (χ2v) is 3.42. The molecule has 4 heteroatoms. The van der Waals surface area contributed by atoms with Crippen molar-refractivity contribution in [2.75, 3.05) is 5.33 Å². The number of rotatable bonds is 2. The largest absolute Gasteiger partial charge is 0.296 e. The first kappa shape index (κ1) is 8.71. The van der Waals surface area contributed by atoms with Crippen molar-refractivity contribution in [3.63, 3.8) is 0 Å². The molecule has 0 aliphatic carbocycles. The minimum atomic E-state index is -0.138. The molecule has 1 unspecified atom stereocenters. The molecule has 0 radical (unpaired) electrons. The fourth-order valence-electron chi connectivity index (χ4n) is 1.15. The van der Waals surface area contributed by atoms with Crippen molar-refractivity contribution in [2.45, 2.75) is 19.3 Å². The summed E-state index contributed by atoms with van der Waals surface area (Å²) in [6, 6.07) is 0. The van der Waals surface area contributed by atoms with E-state index in [-0.39, 0.29) is 17.7 Å². The maximum absolute atomic E-state index is 11.0. The first-order valence-electron chi connectivity index (χ1n) is 3.63. The van der Waals surface area contributed by atoms with Crippen LogP contribution < -0.4 is 5.32 Å². The van der Waals surface area contributed by atoms with Crippen LogP contribution in [0.1, 0.15) is 19.3 Å². The maximum atomic E-state index is 11.0. The van der Waals surface area contributed by atoms with Crippen LogP contribution in [-0.4, -0.2) is 17.1 Å². The Balaban J connectivity index is 2.44. The fourth-order valence-corrected chi connectivity index (χ4v) is 1.70. The van der Waals surface area contributed by atoms with Crippen LogP contribution in [0.3, 0.4) is 0 Å². The molecule has 1 heterocycles. The number of nitrogens with one attached hydrogen (secondary N) is 1. The third-order valence-corrected chi connectivity index (χ3v) is 2.27. The molecule has 1 atom stereocenters. The molecule has 11 heavy (non-hydrogen) atoms. The van der Waals surface area contributed by atoms with Gasteiger partial charge in [-0.2, -0.15) is 0 Å². The van der Waals surface area contributed by atoms with Gasteiger partial charge in [0.15, 0.2) is 0 Å². The SMILES string of the molecule is O=C1CCC(CCBr)C(=O)N1. The van der Waals surface area contributed by atoms with Gasteiger partial charge in [0.25, 0.3) is 0 Å². The molecule has 0 spiro atoms. The van der Waals surface area contributed by atoms with Gasteiger partial charge in [0, 0.05) is 17.7 Å². The minimum Gasteiger partial charge on any atom is -0.296 e. The van der Waals surface area contributed by atoms with E-state index in [0.29, 0.717) is 12.8 Å². The summed E-state index contributed by atoms with van der Waals surface area (Å²) in [7, 11) is 0. The highest BCUT2D eigenvalue weighted by Crippen LogP contribution is 2.16. The summed E-state index contributed by atoms with van der Waals surface area (Å²) in [5.74, 6) is -0.214. The number of piperidine rings is 1. The van der Waals surface area contributed by atoms with Crippen LogP contribution in [0.25, 0.3) is 0 Å². The van der Waals surface area contributed by atoms with E-state index in [4.69, 9.17) is 0 Å². The van der Waals surface area contributed by atoms with Gasteiger partial charge in [-0.05, 0) is 12.8 Å². The average Bonchev–Trinajstić information content (AvgIpc) is 1.95. The lowest BCUT2D eigenvalue weighted by Crippen LogP contribution is -2.40. The zero-order valence-electron chi connectivity index (χ0n) is 6.10. The first-order chi connectivity index (χ1) is 5.24. The monoisotopic (exact) mass is 219 g/mol. The van der Waals surface area contributed by atoms with E-state index in [9.17, 15) is 9.59 Å². The standard InChI is InChI=1S/C7H10BrNO2/c8-4-3-5-1-2-6(10)9-7(5)11/h5H,1-4H2,(H,9,10,11). The molecule has 0 bridgehead atoms. The molecule has 1 saturated heterocycles. The lowest BCUT2D eigenvalue weighted by Gasteiger charge is -2.19. The number of hydrogen-bond donors (Lipinski definition) is 1. The van der Waals surface area contributed by atoms with Crippen molar-refractivity contribution in [1.29, 1.82) is 0 Å². The van der Waals surface area contributed by atoms with Gasteiger partial charge in [-0.3, -0.25) is 14.9 Å². The summed E-state index contributed by atoms with van der Waals surface area (Å²) in [6.07, 6.45) is 2.01. The number of alkyl halides is 1. The van der Waals surface area contributed by atoms with Crippen LogP contribution in [0.4, 0.5) is 0 Å². The molecule has 1 N–H and O–H groups in total. The molecule has 62 valence electrons. The number of carbonyl (C=O) groups is 2. The van der Waals surface area contributed by atoms with E-state index in [2.05, 4.69) is 21.2 Å². The van der Waals surface area contributed by atoms with Crippen molar-refractivity contribution in [3.05, 3.63) is 0 Å². The molecular formula is C7H10BrNO2. The van der Waals surface area contributed by atoms with Crippen molar-refractivity contribution in [2.24, 2.45) is 5.92 Å². The first-order valence-corrected chi connectivity index (χ1v) is 4.76. The Hall–Kier alpha value is -0.380. The Kier molecular flexibility index (Phi) is 3.05. The van der Waals surface area contributed by atoms with E-state index >= 15 is 0 Å². The Bertz CT molecular complexity index is 181. The lowest BCUT2D eigenvalue weighted by molar-refractivity contribution is -0.136. The molecule has 0 aromatic carbocycles. The van der Waals surface area contributed by atoms with Gasteiger partial charge >= 0.3 is 0 Å². The number of amides is 2. The van der Waals surface area contributed by atoms with E-state index in [1.165, 1.54) is 0 Å². The van der Waals surface area contributed by atoms with Crippen molar-refractivity contribution in [1.82, 2.24) is 5.32 Å². The van der Waals surface area contributed by atoms with Crippen LogP contribution in [0.2, 0.25) is 0 Å². The van der Waals surface area contributed by atoms with Gasteiger partial charge in [0.05, 0.1) is 0 Å². The number of imide groups is 1. The molecule has 0 saturated carbocycles. The summed E-state index contributed by atoms with van der Waals surface area (Å²) in [5.41, 5.74) is 0. The minimum absolute atomic E-state index is 0.0343. The third kappa shape index (κ3) is 2.29. The number of halogens is 1. The Labute approximate surface area is 73.7 Å². The molecule has 1 fully saturated rings. The zero-order chi connectivity index (χ0) is 8.27. The van der Waals surface area contributed by atoms with Crippen LogP contribution >= 0.6 is 15.9 Å². The number of carbonyl (C=O) groups excluding carboxylic acids is 2. The molecule has 1 aliphatic rings. The van der Waals surface area contributed by atoms with Crippen molar-refractivity contribution >= 4 is 27.7 Å². The third-order valence-electron chi connectivity index (χ3n) is 1.81. The van der Waals surface area contributed by atoms with Gasteiger partial charge in [-0.25, -0.2) is 0 Å². The summed E-state index contributed by atoms with van der Waals surface area (Å²) in [4.78, 5) is 21.7. The second-order valence-electron chi connectivity index (χ2n) is 2.63. The quantitative estimate of drug-likeness (QED) is 0.553. The summed E-state index contributed by atoms with van der Waals surface area (Å²) >= 11 is 3.26. The fraction of sp³-hybridized carbons (Fsp3) is 0.714. The predicted molar refractivity (Wildman–Crippen MR) is 44.3 cm³/mol. The van der Waals surface area contributed by atoms with Crippen LogP contribution in [0, 0.1) is 5.92 Å². The average molecular weight is 220 g/mol. The Morgan fingerprint density at radius 3 is 2.82 bits per heavy atom. The van der Waals surface area contributed by atoms with E-state index in [0.717, 1.165) is 11.8 Å². The Morgan fingerprint density at radius 1 is 1.55 bits per heavy atom. The lowest BCUT2D eigenvalue weighted by atomic mass is 9.96. The smallest absolute Gasteiger partial charge is 0.229 e. The van der Waals surface area contributed by atoms with Gasteiger partial charge in [0.2, 0.25) is 11.8 Å². The summed E-state index contributed by atoms with van der Waals surface area (Å²) in [5, 5.41) is 3.13. The van der Waals surface area contributed by atoms with Gasteiger partial charge < -0.3 is 0 Å². The number of hydrogen-bond acceptors (Lipinski definition) is 2. The summed E-state index contributed by atoms with van der Waals surface area (Å²) < 4.78 is 0.